The predicted octanol–water partition coefficient (Wildman–Crippen LogP) is 4.54. The second-order valence-electron chi connectivity index (χ2n) is 5.17. The molecule has 0 saturated heterocycles. The number of carbonyl (C=O) groups excluding carboxylic acids is 1. The number of rotatable bonds is 5. The van der Waals surface area contributed by atoms with E-state index in [0.29, 0.717) is 18.7 Å². The van der Waals surface area contributed by atoms with Crippen LogP contribution >= 0.6 is 11.6 Å². The molecule has 0 unspecified atom stereocenters. The maximum Gasteiger partial charge on any atom is 0.226 e. The van der Waals surface area contributed by atoms with Crippen LogP contribution in [0, 0.1) is 19.7 Å². The van der Waals surface area contributed by atoms with E-state index in [0.717, 1.165) is 11.3 Å². The monoisotopic (exact) mass is 320 g/mol. The first-order valence-electron chi connectivity index (χ1n) is 7.02. The molecule has 0 heterocycles. The smallest absolute Gasteiger partial charge is 0.226 e. The number of carbonyl (C=O) groups is 1. The Bertz CT molecular complexity index is 688. The number of hydrogen-bond acceptors (Lipinski definition) is 2. The molecule has 0 spiro atoms. The molecule has 0 saturated carbocycles. The summed E-state index contributed by atoms with van der Waals surface area (Å²) in [5.41, 5.74) is 3.82. The maximum absolute atomic E-state index is 13.0. The molecular weight excluding hydrogens is 303 g/mol. The highest BCUT2D eigenvalue weighted by molar-refractivity contribution is 6.31. The number of benzene rings is 2. The normalized spacial score (nSPS) is 10.4. The van der Waals surface area contributed by atoms with Gasteiger partial charge in [-0.15, -0.1) is 0 Å². The summed E-state index contributed by atoms with van der Waals surface area (Å²) < 4.78 is 13.0. The quantitative estimate of drug-likeness (QED) is 0.849. The molecular formula is C17H18ClFN2O. The molecule has 2 N–H and O–H groups in total. The van der Waals surface area contributed by atoms with Gasteiger partial charge >= 0.3 is 0 Å². The van der Waals surface area contributed by atoms with Crippen molar-refractivity contribution in [3.63, 3.8) is 0 Å². The lowest BCUT2D eigenvalue weighted by atomic mass is 10.1. The zero-order valence-electron chi connectivity index (χ0n) is 12.5. The fourth-order valence-corrected chi connectivity index (χ4v) is 2.21. The van der Waals surface area contributed by atoms with Crippen molar-refractivity contribution in [3.05, 3.63) is 58.4 Å². The SMILES string of the molecule is Cc1ccc(C)c(NCCC(=O)Nc2ccc(F)c(Cl)c2)c1. The second kappa shape index (κ2) is 7.27. The van der Waals surface area contributed by atoms with Crippen LogP contribution in [0.3, 0.4) is 0 Å². The average Bonchev–Trinajstić information content (AvgIpc) is 2.46. The van der Waals surface area contributed by atoms with Gasteiger partial charge in [-0.05, 0) is 49.2 Å². The van der Waals surface area contributed by atoms with Crippen molar-refractivity contribution in [3.8, 4) is 0 Å². The lowest BCUT2D eigenvalue weighted by Crippen LogP contribution is -2.16. The predicted molar refractivity (Wildman–Crippen MR) is 89.1 cm³/mol. The van der Waals surface area contributed by atoms with E-state index in [1.54, 1.807) is 0 Å². The number of hydrogen-bond donors (Lipinski definition) is 2. The minimum atomic E-state index is -0.503. The van der Waals surface area contributed by atoms with Crippen LogP contribution in [-0.2, 0) is 4.79 Å². The number of aryl methyl sites for hydroxylation is 2. The van der Waals surface area contributed by atoms with Crippen LogP contribution in [0.5, 0.6) is 0 Å². The van der Waals surface area contributed by atoms with Crippen LogP contribution in [0.1, 0.15) is 17.5 Å². The average molecular weight is 321 g/mol. The van der Waals surface area contributed by atoms with Crippen molar-refractivity contribution in [1.29, 1.82) is 0 Å². The van der Waals surface area contributed by atoms with E-state index >= 15 is 0 Å². The molecule has 0 radical (unpaired) electrons. The molecule has 0 bridgehead atoms. The lowest BCUT2D eigenvalue weighted by Gasteiger charge is -2.11. The van der Waals surface area contributed by atoms with Gasteiger partial charge in [0.15, 0.2) is 0 Å². The molecule has 2 rings (SSSR count). The third-order valence-corrected chi connectivity index (χ3v) is 3.55. The van der Waals surface area contributed by atoms with Crippen LogP contribution in [0.4, 0.5) is 15.8 Å². The van der Waals surface area contributed by atoms with Crippen LogP contribution in [-0.4, -0.2) is 12.5 Å². The molecule has 22 heavy (non-hydrogen) atoms. The van der Waals surface area contributed by atoms with E-state index in [-0.39, 0.29) is 10.9 Å². The van der Waals surface area contributed by atoms with Crippen molar-refractivity contribution in [2.75, 3.05) is 17.2 Å². The largest absolute Gasteiger partial charge is 0.384 e. The van der Waals surface area contributed by atoms with Gasteiger partial charge in [-0.1, -0.05) is 23.7 Å². The minimum Gasteiger partial charge on any atom is -0.384 e. The summed E-state index contributed by atoms with van der Waals surface area (Å²) in [6.45, 7) is 4.56. The Kier molecular flexibility index (Phi) is 5.39. The Morgan fingerprint density at radius 2 is 1.95 bits per heavy atom. The van der Waals surface area contributed by atoms with Gasteiger partial charge in [0.1, 0.15) is 5.82 Å². The van der Waals surface area contributed by atoms with Gasteiger partial charge in [0.2, 0.25) is 5.91 Å². The molecule has 0 aromatic heterocycles. The first kappa shape index (κ1) is 16.3. The number of amides is 1. The second-order valence-corrected chi connectivity index (χ2v) is 5.58. The van der Waals surface area contributed by atoms with Gasteiger partial charge in [-0.3, -0.25) is 4.79 Å². The summed E-state index contributed by atoms with van der Waals surface area (Å²) in [7, 11) is 0. The molecule has 3 nitrogen and oxygen atoms in total. The Labute approximate surface area is 134 Å². The molecule has 2 aromatic carbocycles. The summed E-state index contributed by atoms with van der Waals surface area (Å²) >= 11 is 5.68. The summed E-state index contributed by atoms with van der Waals surface area (Å²) in [5, 5.41) is 5.93. The van der Waals surface area contributed by atoms with E-state index in [1.807, 2.05) is 32.0 Å². The highest BCUT2D eigenvalue weighted by Gasteiger charge is 2.06. The highest BCUT2D eigenvalue weighted by atomic mass is 35.5. The lowest BCUT2D eigenvalue weighted by molar-refractivity contribution is -0.115. The van der Waals surface area contributed by atoms with E-state index in [4.69, 9.17) is 11.6 Å². The van der Waals surface area contributed by atoms with E-state index in [9.17, 15) is 9.18 Å². The van der Waals surface area contributed by atoms with Gasteiger partial charge in [-0.2, -0.15) is 0 Å². The van der Waals surface area contributed by atoms with Crippen LogP contribution < -0.4 is 10.6 Å². The first-order valence-corrected chi connectivity index (χ1v) is 7.39. The molecule has 0 aliphatic carbocycles. The van der Waals surface area contributed by atoms with Gasteiger partial charge in [0.25, 0.3) is 0 Å². The first-order chi connectivity index (χ1) is 10.5. The summed E-state index contributed by atoms with van der Waals surface area (Å²) in [6.07, 6.45) is 0.308. The van der Waals surface area contributed by atoms with Crippen LogP contribution in [0.25, 0.3) is 0 Å². The standard InChI is InChI=1S/C17H18ClFN2O/c1-11-3-4-12(2)16(9-11)20-8-7-17(22)21-13-5-6-15(19)14(18)10-13/h3-6,9-10,20H,7-8H2,1-2H3,(H,21,22). The topological polar surface area (TPSA) is 41.1 Å². The molecule has 0 atom stereocenters. The number of nitrogens with one attached hydrogen (secondary N) is 2. The molecule has 1 amide bonds. The highest BCUT2D eigenvalue weighted by Crippen LogP contribution is 2.19. The third-order valence-electron chi connectivity index (χ3n) is 3.26. The molecule has 0 aliphatic heterocycles. The van der Waals surface area contributed by atoms with E-state index < -0.39 is 5.82 Å². The van der Waals surface area contributed by atoms with Gasteiger partial charge in [0, 0.05) is 24.3 Å². The summed E-state index contributed by atoms with van der Waals surface area (Å²) in [4.78, 5) is 11.9. The van der Waals surface area contributed by atoms with Crippen molar-refractivity contribution >= 4 is 28.9 Å². The van der Waals surface area contributed by atoms with Gasteiger partial charge in [0.05, 0.1) is 5.02 Å². The van der Waals surface area contributed by atoms with Gasteiger partial charge in [-0.25, -0.2) is 4.39 Å². The number of halogens is 2. The molecule has 116 valence electrons. The van der Waals surface area contributed by atoms with Crippen molar-refractivity contribution in [2.45, 2.75) is 20.3 Å². The Morgan fingerprint density at radius 3 is 2.68 bits per heavy atom. The Balaban J connectivity index is 1.85. The fraction of sp³-hybridized carbons (Fsp3) is 0.235. The fourth-order valence-electron chi connectivity index (χ4n) is 2.03. The zero-order valence-corrected chi connectivity index (χ0v) is 13.3. The molecule has 5 heteroatoms. The maximum atomic E-state index is 13.0. The summed E-state index contributed by atoms with van der Waals surface area (Å²) in [6, 6.07) is 10.2. The van der Waals surface area contributed by atoms with Crippen molar-refractivity contribution in [1.82, 2.24) is 0 Å². The van der Waals surface area contributed by atoms with Crippen molar-refractivity contribution in [2.24, 2.45) is 0 Å². The van der Waals surface area contributed by atoms with Crippen LogP contribution in [0.15, 0.2) is 36.4 Å². The molecule has 0 fully saturated rings. The molecule has 2 aromatic rings. The Hall–Kier alpha value is -2.07. The number of anilines is 2. The Morgan fingerprint density at radius 1 is 1.18 bits per heavy atom. The van der Waals surface area contributed by atoms with Crippen molar-refractivity contribution < 1.29 is 9.18 Å². The van der Waals surface area contributed by atoms with Gasteiger partial charge < -0.3 is 10.6 Å². The molecule has 0 aliphatic rings. The third kappa shape index (κ3) is 4.46. The van der Waals surface area contributed by atoms with E-state index in [2.05, 4.69) is 10.6 Å². The van der Waals surface area contributed by atoms with E-state index in [1.165, 1.54) is 23.8 Å². The zero-order chi connectivity index (χ0) is 16.1. The van der Waals surface area contributed by atoms with Crippen LogP contribution in [0.2, 0.25) is 5.02 Å². The summed E-state index contributed by atoms with van der Waals surface area (Å²) in [5.74, 6) is -0.656. The minimum absolute atomic E-state index is 0.00805.